The molecule has 1 N–H and O–H groups in total. The number of anilines is 1. The first-order valence-electron chi connectivity index (χ1n) is 7.24. The van der Waals surface area contributed by atoms with E-state index in [2.05, 4.69) is 9.46 Å². The number of nitro groups is 1. The zero-order chi connectivity index (χ0) is 19.5. The summed E-state index contributed by atoms with van der Waals surface area (Å²) in [5.41, 5.74) is 0.277. The van der Waals surface area contributed by atoms with E-state index < -0.39 is 31.5 Å². The summed E-state index contributed by atoms with van der Waals surface area (Å²) in [5, 5.41) is 11.2. The van der Waals surface area contributed by atoms with Gasteiger partial charge in [0.15, 0.2) is 4.90 Å². The quantitative estimate of drug-likeness (QED) is 0.464. The number of hydrogen-bond acceptors (Lipinski definition) is 7. The van der Waals surface area contributed by atoms with Crippen molar-refractivity contribution in [1.82, 2.24) is 0 Å². The Labute approximate surface area is 149 Å². The van der Waals surface area contributed by atoms with Crippen LogP contribution in [0.15, 0.2) is 41.3 Å². The van der Waals surface area contributed by atoms with E-state index >= 15 is 0 Å². The van der Waals surface area contributed by atoms with Crippen molar-refractivity contribution < 1.29 is 27.6 Å². The lowest BCUT2D eigenvalue weighted by atomic mass is 10.1. The average Bonchev–Trinajstić information content (AvgIpc) is 2.61. The zero-order valence-corrected chi connectivity index (χ0v) is 15.0. The number of nitro benzene ring substituents is 1. The Kier molecular flexibility index (Phi) is 5.46. The van der Waals surface area contributed by atoms with Crippen LogP contribution in [-0.4, -0.2) is 33.5 Å². The molecule has 0 fully saturated rings. The van der Waals surface area contributed by atoms with Crippen LogP contribution in [0.25, 0.3) is 0 Å². The summed E-state index contributed by atoms with van der Waals surface area (Å²) in [6.07, 6.45) is 0. The topological polar surface area (TPSA) is 125 Å². The number of nitrogens with one attached hydrogen (secondary N) is 1. The molecular weight excluding hydrogens is 364 g/mol. The van der Waals surface area contributed by atoms with Gasteiger partial charge in [-0.05, 0) is 42.8 Å². The van der Waals surface area contributed by atoms with Gasteiger partial charge in [0.25, 0.3) is 15.7 Å². The number of ether oxygens (including phenoxy) is 2. The largest absolute Gasteiger partial charge is 0.497 e. The third-order valence-corrected chi connectivity index (χ3v) is 4.96. The van der Waals surface area contributed by atoms with Crippen molar-refractivity contribution >= 4 is 27.4 Å². The van der Waals surface area contributed by atoms with Crippen molar-refractivity contribution in [1.29, 1.82) is 0 Å². The van der Waals surface area contributed by atoms with Gasteiger partial charge in [-0.3, -0.25) is 14.8 Å². The standard InChI is InChI=1S/C16H16N2O7S/c1-10-8-11(16(19)25-3)4-6-13(10)17-26(22,23)15-7-5-12(24-2)9-14(15)18(20)21/h4-9,17H,1-3H3. The second-order valence-electron chi connectivity index (χ2n) is 5.22. The summed E-state index contributed by atoms with van der Waals surface area (Å²) in [4.78, 5) is 21.4. The SMILES string of the molecule is COC(=O)c1ccc(NS(=O)(=O)c2ccc(OC)cc2[N+](=O)[O-])c(C)c1. The predicted molar refractivity (Wildman–Crippen MR) is 93.0 cm³/mol. The minimum atomic E-state index is -4.24. The highest BCUT2D eigenvalue weighted by atomic mass is 32.2. The number of carbonyl (C=O) groups excluding carboxylic acids is 1. The zero-order valence-electron chi connectivity index (χ0n) is 14.2. The van der Waals surface area contributed by atoms with Gasteiger partial charge < -0.3 is 9.47 Å². The van der Waals surface area contributed by atoms with Crippen LogP contribution in [0, 0.1) is 17.0 Å². The minimum absolute atomic E-state index is 0.161. The minimum Gasteiger partial charge on any atom is -0.497 e. The summed E-state index contributed by atoms with van der Waals surface area (Å²) in [6.45, 7) is 1.59. The molecule has 2 aromatic rings. The highest BCUT2D eigenvalue weighted by molar-refractivity contribution is 7.92. The number of carbonyl (C=O) groups is 1. The van der Waals surface area contributed by atoms with Crippen molar-refractivity contribution in [3.05, 3.63) is 57.6 Å². The lowest BCUT2D eigenvalue weighted by Gasteiger charge is -2.12. The lowest BCUT2D eigenvalue weighted by Crippen LogP contribution is -2.16. The summed E-state index contributed by atoms with van der Waals surface area (Å²) in [5.74, 6) is -0.400. The van der Waals surface area contributed by atoms with Crippen molar-refractivity contribution in [2.45, 2.75) is 11.8 Å². The fraction of sp³-hybridized carbons (Fsp3) is 0.188. The number of aryl methyl sites for hydroxylation is 1. The smallest absolute Gasteiger partial charge is 0.337 e. The van der Waals surface area contributed by atoms with Crippen LogP contribution >= 0.6 is 0 Å². The number of nitrogens with zero attached hydrogens (tertiary/aromatic N) is 1. The molecular formula is C16H16N2O7S. The maximum atomic E-state index is 12.6. The molecule has 0 saturated heterocycles. The van der Waals surface area contributed by atoms with E-state index in [-0.39, 0.29) is 17.0 Å². The van der Waals surface area contributed by atoms with Crippen molar-refractivity contribution in [2.75, 3.05) is 18.9 Å². The van der Waals surface area contributed by atoms with E-state index in [1.54, 1.807) is 6.92 Å². The van der Waals surface area contributed by atoms with Gasteiger partial charge in [0, 0.05) is 0 Å². The van der Waals surface area contributed by atoms with Crippen molar-refractivity contribution in [3.63, 3.8) is 0 Å². The molecule has 0 heterocycles. The molecule has 0 unspecified atom stereocenters. The summed E-state index contributed by atoms with van der Waals surface area (Å²) >= 11 is 0. The number of methoxy groups -OCH3 is 2. The molecule has 0 bridgehead atoms. The normalized spacial score (nSPS) is 10.9. The van der Waals surface area contributed by atoms with Crippen molar-refractivity contribution in [2.24, 2.45) is 0 Å². The monoisotopic (exact) mass is 380 g/mol. The molecule has 0 spiro atoms. The van der Waals surface area contributed by atoms with Crippen LogP contribution in [0.5, 0.6) is 5.75 Å². The van der Waals surface area contributed by atoms with Gasteiger partial charge in [0.1, 0.15) is 5.75 Å². The number of benzene rings is 2. The van der Waals surface area contributed by atoms with Gasteiger partial charge in [-0.25, -0.2) is 13.2 Å². The van der Waals surface area contributed by atoms with Crippen LogP contribution in [0.2, 0.25) is 0 Å². The summed E-state index contributed by atoms with van der Waals surface area (Å²) < 4.78 is 37.0. The Hall–Kier alpha value is -3.14. The Morgan fingerprint density at radius 3 is 2.38 bits per heavy atom. The van der Waals surface area contributed by atoms with E-state index in [1.165, 1.54) is 38.5 Å². The molecule has 0 atom stereocenters. The molecule has 2 rings (SSSR count). The Balaban J connectivity index is 2.44. The van der Waals surface area contributed by atoms with Crippen LogP contribution in [-0.2, 0) is 14.8 Å². The maximum absolute atomic E-state index is 12.6. The van der Waals surface area contributed by atoms with Crippen LogP contribution < -0.4 is 9.46 Å². The first-order valence-corrected chi connectivity index (χ1v) is 8.72. The van der Waals surface area contributed by atoms with Gasteiger partial charge >= 0.3 is 5.97 Å². The van der Waals surface area contributed by atoms with Gasteiger partial charge in [-0.2, -0.15) is 0 Å². The third-order valence-electron chi connectivity index (χ3n) is 3.54. The van der Waals surface area contributed by atoms with Crippen LogP contribution in [0.4, 0.5) is 11.4 Å². The van der Waals surface area contributed by atoms with E-state index in [0.29, 0.717) is 5.56 Å². The Bertz CT molecular complexity index is 971. The van der Waals surface area contributed by atoms with E-state index in [0.717, 1.165) is 12.1 Å². The van der Waals surface area contributed by atoms with Gasteiger partial charge in [0.2, 0.25) is 0 Å². The average molecular weight is 380 g/mol. The molecule has 0 aromatic heterocycles. The lowest BCUT2D eigenvalue weighted by molar-refractivity contribution is -0.387. The number of esters is 1. The molecule has 9 nitrogen and oxygen atoms in total. The molecule has 0 aliphatic heterocycles. The molecule has 138 valence electrons. The number of hydrogen-bond donors (Lipinski definition) is 1. The first kappa shape index (κ1) is 19.2. The van der Waals surface area contributed by atoms with Gasteiger partial charge in [0.05, 0.1) is 36.5 Å². The fourth-order valence-electron chi connectivity index (χ4n) is 2.22. The fourth-order valence-corrected chi connectivity index (χ4v) is 3.50. The molecule has 26 heavy (non-hydrogen) atoms. The van der Waals surface area contributed by atoms with Crippen LogP contribution in [0.1, 0.15) is 15.9 Å². The van der Waals surface area contributed by atoms with Crippen LogP contribution in [0.3, 0.4) is 0 Å². The highest BCUT2D eigenvalue weighted by Crippen LogP contribution is 2.30. The van der Waals surface area contributed by atoms with E-state index in [4.69, 9.17) is 4.74 Å². The van der Waals surface area contributed by atoms with E-state index in [9.17, 15) is 23.3 Å². The third kappa shape index (κ3) is 3.91. The summed E-state index contributed by atoms with van der Waals surface area (Å²) in [7, 11) is -1.69. The number of sulfonamides is 1. The molecule has 2 aromatic carbocycles. The van der Waals surface area contributed by atoms with Crippen molar-refractivity contribution in [3.8, 4) is 5.75 Å². The molecule has 0 saturated carbocycles. The number of rotatable bonds is 6. The molecule has 10 heteroatoms. The second-order valence-corrected chi connectivity index (χ2v) is 6.87. The Morgan fingerprint density at radius 1 is 1.15 bits per heavy atom. The highest BCUT2D eigenvalue weighted by Gasteiger charge is 2.27. The maximum Gasteiger partial charge on any atom is 0.337 e. The molecule has 0 aliphatic carbocycles. The van der Waals surface area contributed by atoms with Gasteiger partial charge in [-0.1, -0.05) is 0 Å². The molecule has 0 aliphatic rings. The summed E-state index contributed by atoms with van der Waals surface area (Å²) in [6, 6.07) is 7.66. The second kappa shape index (κ2) is 7.40. The van der Waals surface area contributed by atoms with E-state index in [1.807, 2.05) is 0 Å². The Morgan fingerprint density at radius 2 is 1.85 bits per heavy atom. The van der Waals surface area contributed by atoms with Gasteiger partial charge in [-0.15, -0.1) is 0 Å². The molecule has 0 amide bonds. The first-order chi connectivity index (χ1) is 12.2. The molecule has 0 radical (unpaired) electrons. The predicted octanol–water partition coefficient (Wildman–Crippen LogP) is 2.50.